The van der Waals surface area contributed by atoms with Crippen molar-refractivity contribution in [3.63, 3.8) is 0 Å². The van der Waals surface area contributed by atoms with Crippen molar-refractivity contribution >= 4 is 17.1 Å². The summed E-state index contributed by atoms with van der Waals surface area (Å²) >= 11 is 0. The third-order valence-corrected chi connectivity index (χ3v) is 6.97. The highest BCUT2D eigenvalue weighted by molar-refractivity contribution is 6.00. The third-order valence-electron chi connectivity index (χ3n) is 6.97. The van der Waals surface area contributed by atoms with Crippen molar-refractivity contribution in [1.82, 2.24) is 0 Å². The Morgan fingerprint density at radius 3 is 2.42 bits per heavy atom. The largest absolute Gasteiger partial charge is 0.488 e. The lowest BCUT2D eigenvalue weighted by molar-refractivity contribution is 0.0600. The van der Waals surface area contributed by atoms with Crippen LogP contribution < -0.4 is 4.74 Å². The molecule has 0 bridgehead atoms. The molecule has 0 N–H and O–H groups in total. The van der Waals surface area contributed by atoms with Gasteiger partial charge in [-0.25, -0.2) is 4.79 Å². The highest BCUT2D eigenvalue weighted by Crippen LogP contribution is 2.48. The summed E-state index contributed by atoms with van der Waals surface area (Å²) in [6, 6.07) is 24.8. The Bertz CT molecular complexity index is 1170. The number of benzene rings is 3. The summed E-state index contributed by atoms with van der Waals surface area (Å²) < 4.78 is 11.3. The molecule has 3 nitrogen and oxygen atoms in total. The van der Waals surface area contributed by atoms with Crippen LogP contribution in [0.5, 0.6) is 5.75 Å². The normalized spacial score (nSPS) is 15.9. The summed E-state index contributed by atoms with van der Waals surface area (Å²) in [5, 5.41) is 0. The minimum absolute atomic E-state index is 0.280. The molecular formula is C30H30O3. The van der Waals surface area contributed by atoms with Crippen LogP contribution in [0.15, 0.2) is 72.8 Å². The fourth-order valence-electron chi connectivity index (χ4n) is 5.37. The second-order valence-corrected chi connectivity index (χ2v) is 9.04. The van der Waals surface area contributed by atoms with Crippen molar-refractivity contribution in [3.8, 4) is 5.75 Å². The van der Waals surface area contributed by atoms with Gasteiger partial charge in [0.05, 0.1) is 12.7 Å². The van der Waals surface area contributed by atoms with Crippen molar-refractivity contribution in [2.45, 2.75) is 45.1 Å². The molecule has 3 aromatic carbocycles. The molecule has 1 fully saturated rings. The van der Waals surface area contributed by atoms with Gasteiger partial charge in [-0.2, -0.15) is 0 Å². The first-order chi connectivity index (χ1) is 16.2. The quantitative estimate of drug-likeness (QED) is 0.385. The average Bonchev–Trinajstić information content (AvgIpc) is 3.27. The van der Waals surface area contributed by atoms with E-state index in [2.05, 4.69) is 36.4 Å². The lowest BCUT2D eigenvalue weighted by atomic mass is 9.79. The van der Waals surface area contributed by atoms with E-state index in [1.165, 1.54) is 67.1 Å². The van der Waals surface area contributed by atoms with Crippen LogP contribution in [-0.4, -0.2) is 13.1 Å². The molecule has 168 valence electrons. The topological polar surface area (TPSA) is 35.5 Å². The highest BCUT2D eigenvalue weighted by atomic mass is 16.5. The number of fused-ring (bicyclic) bond motifs is 1. The molecule has 0 amide bonds. The van der Waals surface area contributed by atoms with Crippen LogP contribution in [0.25, 0.3) is 11.1 Å². The molecule has 1 saturated carbocycles. The van der Waals surface area contributed by atoms with Gasteiger partial charge in [0, 0.05) is 5.56 Å². The summed E-state index contributed by atoms with van der Waals surface area (Å²) in [7, 11) is 1.44. The van der Waals surface area contributed by atoms with Crippen LogP contribution in [-0.2, 0) is 17.8 Å². The van der Waals surface area contributed by atoms with Crippen molar-refractivity contribution in [3.05, 3.63) is 101 Å². The molecule has 0 atom stereocenters. The van der Waals surface area contributed by atoms with Gasteiger partial charge < -0.3 is 9.47 Å². The summed E-state index contributed by atoms with van der Waals surface area (Å²) in [5.41, 5.74) is 8.26. The molecule has 0 radical (unpaired) electrons. The lowest BCUT2D eigenvalue weighted by Gasteiger charge is -2.26. The van der Waals surface area contributed by atoms with Crippen LogP contribution in [0.2, 0.25) is 0 Å². The molecule has 0 unspecified atom stereocenters. The second kappa shape index (κ2) is 9.66. The smallest absolute Gasteiger partial charge is 0.337 e. The summed E-state index contributed by atoms with van der Waals surface area (Å²) in [5.74, 6) is 1.20. The maximum Gasteiger partial charge on any atom is 0.337 e. The van der Waals surface area contributed by atoms with E-state index in [0.29, 0.717) is 18.1 Å². The molecule has 0 heterocycles. The van der Waals surface area contributed by atoms with Gasteiger partial charge in [-0.15, -0.1) is 0 Å². The number of hydrogen-bond donors (Lipinski definition) is 0. The molecule has 33 heavy (non-hydrogen) atoms. The van der Waals surface area contributed by atoms with Crippen LogP contribution in [0.3, 0.4) is 0 Å². The van der Waals surface area contributed by atoms with E-state index < -0.39 is 0 Å². The molecule has 2 aliphatic rings. The maximum absolute atomic E-state index is 12.2. The van der Waals surface area contributed by atoms with Gasteiger partial charge in [0.15, 0.2) is 0 Å². The monoisotopic (exact) mass is 438 g/mol. The van der Waals surface area contributed by atoms with E-state index in [0.717, 1.165) is 17.7 Å². The number of allylic oxidation sites excluding steroid dienone is 2. The fraction of sp³-hybridized carbons (Fsp3) is 0.300. The molecule has 0 spiro atoms. The zero-order chi connectivity index (χ0) is 22.6. The van der Waals surface area contributed by atoms with E-state index in [4.69, 9.17) is 9.47 Å². The van der Waals surface area contributed by atoms with Crippen LogP contribution in [0.1, 0.15) is 64.7 Å². The van der Waals surface area contributed by atoms with Gasteiger partial charge >= 0.3 is 5.97 Å². The number of carbonyl (C=O) groups excluding carboxylic acids is 1. The number of rotatable bonds is 6. The minimum Gasteiger partial charge on any atom is -0.488 e. The first-order valence-corrected chi connectivity index (χ1v) is 12.0. The minimum atomic E-state index is -0.280. The number of methoxy groups -OCH3 is 1. The zero-order valence-corrected chi connectivity index (χ0v) is 19.2. The maximum atomic E-state index is 12.2. The van der Waals surface area contributed by atoms with Crippen molar-refractivity contribution in [2.75, 3.05) is 7.11 Å². The van der Waals surface area contributed by atoms with E-state index in [-0.39, 0.29) is 5.97 Å². The predicted octanol–water partition coefficient (Wildman–Crippen LogP) is 7.10. The molecule has 2 aliphatic carbocycles. The Morgan fingerprint density at radius 2 is 1.64 bits per heavy atom. The molecule has 0 aromatic heterocycles. The molecule has 0 aliphatic heterocycles. The second-order valence-electron chi connectivity index (χ2n) is 9.04. The Kier molecular flexibility index (Phi) is 6.30. The molecular weight excluding hydrogens is 408 g/mol. The van der Waals surface area contributed by atoms with Gasteiger partial charge in [-0.1, -0.05) is 73.9 Å². The molecule has 0 saturated heterocycles. The summed E-state index contributed by atoms with van der Waals surface area (Å²) in [6.07, 6.45) is 7.15. The van der Waals surface area contributed by atoms with E-state index in [1.807, 2.05) is 36.4 Å². The van der Waals surface area contributed by atoms with Crippen molar-refractivity contribution in [2.24, 2.45) is 5.92 Å². The van der Waals surface area contributed by atoms with Gasteiger partial charge in [-0.3, -0.25) is 0 Å². The Morgan fingerprint density at radius 1 is 0.879 bits per heavy atom. The van der Waals surface area contributed by atoms with Gasteiger partial charge in [0.2, 0.25) is 0 Å². The van der Waals surface area contributed by atoms with Crippen molar-refractivity contribution < 1.29 is 14.3 Å². The number of hydrogen-bond acceptors (Lipinski definition) is 3. The van der Waals surface area contributed by atoms with Gasteiger partial charge in [0.25, 0.3) is 0 Å². The SMILES string of the molecule is COC(=O)c1ccc2c(c1)CC(c1ccccc1OCc1ccccc1)=C2C1CCCCC1. The molecule has 3 heteroatoms. The first kappa shape index (κ1) is 21.5. The summed E-state index contributed by atoms with van der Waals surface area (Å²) in [6.45, 7) is 0.545. The lowest BCUT2D eigenvalue weighted by Crippen LogP contribution is -2.09. The Balaban J connectivity index is 1.54. The van der Waals surface area contributed by atoms with Crippen LogP contribution in [0, 0.1) is 5.92 Å². The summed E-state index contributed by atoms with van der Waals surface area (Å²) in [4.78, 5) is 12.2. The average molecular weight is 439 g/mol. The third kappa shape index (κ3) is 4.45. The Hall–Kier alpha value is -3.33. The van der Waals surface area contributed by atoms with Crippen LogP contribution >= 0.6 is 0 Å². The van der Waals surface area contributed by atoms with E-state index in [1.54, 1.807) is 0 Å². The fourth-order valence-corrected chi connectivity index (χ4v) is 5.37. The first-order valence-electron chi connectivity index (χ1n) is 12.0. The van der Waals surface area contributed by atoms with Crippen molar-refractivity contribution in [1.29, 1.82) is 0 Å². The van der Waals surface area contributed by atoms with E-state index >= 15 is 0 Å². The number of para-hydroxylation sites is 1. The number of ether oxygens (including phenoxy) is 2. The number of esters is 1. The number of carbonyl (C=O) groups is 1. The standard InChI is InChI=1S/C30H30O3/c1-32-30(31)23-16-17-25-24(18-23)19-27(29(25)22-12-6-3-7-13-22)26-14-8-9-15-28(26)33-20-21-10-4-2-5-11-21/h2,4-5,8-11,14-18,22H,3,6-7,12-13,19-20H2,1H3. The van der Waals surface area contributed by atoms with Gasteiger partial charge in [-0.05, 0) is 71.2 Å². The van der Waals surface area contributed by atoms with Crippen LogP contribution in [0.4, 0.5) is 0 Å². The Labute approximate surface area is 196 Å². The van der Waals surface area contributed by atoms with E-state index in [9.17, 15) is 4.79 Å². The molecule has 3 aromatic rings. The zero-order valence-electron chi connectivity index (χ0n) is 19.2. The van der Waals surface area contributed by atoms with Gasteiger partial charge in [0.1, 0.15) is 12.4 Å². The highest BCUT2D eigenvalue weighted by Gasteiger charge is 2.31. The predicted molar refractivity (Wildman–Crippen MR) is 132 cm³/mol. The molecule has 5 rings (SSSR count).